The lowest BCUT2D eigenvalue weighted by Gasteiger charge is -2.33. The van der Waals surface area contributed by atoms with Crippen LogP contribution in [0.25, 0.3) is 0 Å². The van der Waals surface area contributed by atoms with E-state index in [0.29, 0.717) is 30.6 Å². The number of carbonyl (C=O) groups excluding carboxylic acids is 5. The highest BCUT2D eigenvalue weighted by Gasteiger charge is 2.69. The number of alkyl halides is 3. The molecule has 0 bridgehead atoms. The Morgan fingerprint density at radius 1 is 0.979 bits per heavy atom. The molecule has 0 aromatic carbocycles. The Kier molecular flexibility index (Phi) is 13.5. The molecule has 2 N–H and O–H groups in total. The second kappa shape index (κ2) is 16.0. The zero-order valence-electron chi connectivity index (χ0n) is 28.6. The predicted molar refractivity (Wildman–Crippen MR) is 164 cm³/mol. The number of esters is 1. The fourth-order valence-corrected chi connectivity index (χ4v) is 5.39. The summed E-state index contributed by atoms with van der Waals surface area (Å²) in [5.41, 5.74) is -3.66. The van der Waals surface area contributed by atoms with Gasteiger partial charge in [-0.2, -0.15) is 18.1 Å². The number of carboxylic acid groups (broad SMARTS) is 1. The van der Waals surface area contributed by atoms with Crippen LogP contribution in [-0.2, 0) is 33.4 Å². The zero-order valence-corrected chi connectivity index (χ0v) is 28.6. The van der Waals surface area contributed by atoms with Gasteiger partial charge < -0.3 is 29.5 Å². The van der Waals surface area contributed by atoms with Crippen molar-refractivity contribution in [3.8, 4) is 0 Å². The number of ether oxygens (including phenoxy) is 3. The van der Waals surface area contributed by atoms with Crippen LogP contribution >= 0.6 is 0 Å². The number of hydrogen-bond donors (Lipinski definition) is 2. The standard InChI is InChI=1S/C32H48F3N3O10/c1-8-46-26(43)31(38(27(44)47-29(2,3)4)28(45)48-30(5,6)7)19-20(31)15-12-10-9-11-13-16-21(36-25(42)32(33,34)35)23(39)37-18-14-17-22(37)24(40)41/h12,15,20-22H,8-11,13-14,16-19H2,1-7H3,(H,36,42)(H,40,41)/b15-12-/t20-,21+,22+,31-/m1/s1. The molecule has 48 heavy (non-hydrogen) atoms. The fraction of sp³-hybridized carbons (Fsp3) is 0.750. The summed E-state index contributed by atoms with van der Waals surface area (Å²) < 4.78 is 55.0. The molecule has 0 unspecified atom stereocenters. The van der Waals surface area contributed by atoms with Gasteiger partial charge in [0.15, 0.2) is 5.54 Å². The van der Waals surface area contributed by atoms with Gasteiger partial charge in [-0.1, -0.05) is 25.0 Å². The van der Waals surface area contributed by atoms with E-state index in [1.165, 1.54) is 0 Å². The van der Waals surface area contributed by atoms with Crippen molar-refractivity contribution < 1.29 is 61.3 Å². The smallest absolute Gasteiger partial charge is 0.471 e. The number of rotatable bonds is 13. The SMILES string of the molecule is CCOC(=O)[C@@]1(N(C(=O)OC(C)(C)C)C(=O)OC(C)(C)C)C[C@H]1/C=C\CCCCC[C@H](NC(=O)C(F)(F)F)C(=O)N1CCC[C@H]1C(=O)O. The molecule has 16 heteroatoms. The normalized spacial score (nSPS) is 21.8. The minimum Gasteiger partial charge on any atom is -0.480 e. The maximum atomic E-state index is 13.3. The second-order valence-corrected chi connectivity index (χ2v) is 13.9. The van der Waals surface area contributed by atoms with Gasteiger partial charge in [-0.15, -0.1) is 0 Å². The number of allylic oxidation sites excluding steroid dienone is 1. The van der Waals surface area contributed by atoms with E-state index in [0.717, 1.165) is 4.90 Å². The lowest BCUT2D eigenvalue weighted by molar-refractivity contribution is -0.175. The van der Waals surface area contributed by atoms with Crippen molar-refractivity contribution in [2.75, 3.05) is 13.2 Å². The average molecular weight is 692 g/mol. The van der Waals surface area contributed by atoms with Gasteiger partial charge in [-0.05, 0) is 87.0 Å². The van der Waals surface area contributed by atoms with Crippen molar-refractivity contribution in [2.45, 2.75) is 135 Å². The molecule has 0 aromatic rings. The van der Waals surface area contributed by atoms with Crippen molar-refractivity contribution in [3.05, 3.63) is 12.2 Å². The summed E-state index contributed by atoms with van der Waals surface area (Å²) in [5.74, 6) is -5.83. The molecule has 2 rings (SSSR count). The van der Waals surface area contributed by atoms with Gasteiger partial charge in [0, 0.05) is 12.5 Å². The fourth-order valence-electron chi connectivity index (χ4n) is 5.39. The number of carbonyl (C=O) groups is 6. The summed E-state index contributed by atoms with van der Waals surface area (Å²) in [6.07, 6.45) is -1.83. The first kappa shape index (κ1) is 40.3. The first-order chi connectivity index (χ1) is 22.0. The van der Waals surface area contributed by atoms with Crippen LogP contribution in [0.3, 0.4) is 0 Å². The van der Waals surface area contributed by atoms with E-state index < -0.39 is 76.9 Å². The maximum absolute atomic E-state index is 13.3. The molecule has 2 fully saturated rings. The van der Waals surface area contributed by atoms with Gasteiger partial charge in [0.1, 0.15) is 23.3 Å². The first-order valence-corrected chi connectivity index (χ1v) is 16.1. The minimum absolute atomic E-state index is 0.00482. The van der Waals surface area contributed by atoms with Crippen molar-refractivity contribution in [1.82, 2.24) is 15.1 Å². The Bertz CT molecular complexity index is 1210. The Morgan fingerprint density at radius 3 is 2.06 bits per heavy atom. The molecule has 0 radical (unpaired) electrons. The molecule has 1 aliphatic heterocycles. The number of unbranched alkanes of at least 4 members (excludes halogenated alkanes) is 3. The molecule has 0 spiro atoms. The predicted octanol–water partition coefficient (Wildman–Crippen LogP) is 5.11. The maximum Gasteiger partial charge on any atom is 0.471 e. The average Bonchev–Trinajstić information content (AvgIpc) is 3.40. The van der Waals surface area contributed by atoms with Crippen LogP contribution < -0.4 is 5.32 Å². The van der Waals surface area contributed by atoms with Gasteiger partial charge in [-0.3, -0.25) is 9.59 Å². The van der Waals surface area contributed by atoms with Gasteiger partial charge in [-0.25, -0.2) is 19.2 Å². The van der Waals surface area contributed by atoms with Gasteiger partial charge in [0.2, 0.25) is 5.91 Å². The van der Waals surface area contributed by atoms with Gasteiger partial charge in [0.05, 0.1) is 6.61 Å². The highest BCUT2D eigenvalue weighted by molar-refractivity contribution is 5.99. The molecule has 1 aliphatic carbocycles. The lowest BCUT2D eigenvalue weighted by atomic mass is 10.0. The number of amides is 4. The Labute approximate surface area is 278 Å². The van der Waals surface area contributed by atoms with E-state index in [-0.39, 0.29) is 38.8 Å². The molecule has 272 valence electrons. The van der Waals surface area contributed by atoms with Crippen LogP contribution in [0.1, 0.15) is 99.8 Å². The van der Waals surface area contributed by atoms with E-state index in [2.05, 4.69) is 0 Å². The van der Waals surface area contributed by atoms with E-state index in [1.807, 2.05) is 0 Å². The summed E-state index contributed by atoms with van der Waals surface area (Å²) in [6, 6.07) is -2.71. The highest BCUT2D eigenvalue weighted by atomic mass is 19.4. The number of nitrogens with zero attached hydrogens (tertiary/aromatic N) is 2. The monoisotopic (exact) mass is 691 g/mol. The van der Waals surface area contributed by atoms with Crippen LogP contribution in [0.2, 0.25) is 0 Å². The van der Waals surface area contributed by atoms with Crippen molar-refractivity contribution in [2.24, 2.45) is 5.92 Å². The molecule has 2 aliphatic rings. The van der Waals surface area contributed by atoms with Crippen LogP contribution in [0.4, 0.5) is 22.8 Å². The quantitative estimate of drug-likeness (QED) is 0.115. The van der Waals surface area contributed by atoms with E-state index in [1.54, 1.807) is 65.9 Å². The molecule has 1 saturated carbocycles. The van der Waals surface area contributed by atoms with Crippen molar-refractivity contribution in [3.63, 3.8) is 0 Å². The zero-order chi connectivity index (χ0) is 36.7. The van der Waals surface area contributed by atoms with Crippen molar-refractivity contribution in [1.29, 1.82) is 0 Å². The summed E-state index contributed by atoms with van der Waals surface area (Å²) in [4.78, 5) is 77.6. The third-order valence-electron chi connectivity index (χ3n) is 7.58. The van der Waals surface area contributed by atoms with E-state index in [9.17, 15) is 47.0 Å². The van der Waals surface area contributed by atoms with Gasteiger partial charge >= 0.3 is 36.2 Å². The molecular formula is C32H48F3N3O10. The number of likely N-dealkylation sites (tertiary alicyclic amines) is 1. The summed E-state index contributed by atoms with van der Waals surface area (Å²) in [6.45, 7) is 11.3. The first-order valence-electron chi connectivity index (χ1n) is 16.1. The van der Waals surface area contributed by atoms with E-state index >= 15 is 0 Å². The molecule has 4 atom stereocenters. The summed E-state index contributed by atoms with van der Waals surface area (Å²) >= 11 is 0. The summed E-state index contributed by atoms with van der Waals surface area (Å²) in [7, 11) is 0. The number of nitrogens with one attached hydrogen (secondary N) is 1. The van der Waals surface area contributed by atoms with Crippen molar-refractivity contribution >= 4 is 35.9 Å². The highest BCUT2D eigenvalue weighted by Crippen LogP contribution is 2.51. The number of aliphatic carboxylic acids is 1. The molecule has 0 aromatic heterocycles. The van der Waals surface area contributed by atoms with Gasteiger partial charge in [0.25, 0.3) is 0 Å². The van der Waals surface area contributed by atoms with Crippen LogP contribution in [-0.4, -0.2) is 99.0 Å². The molecule has 1 heterocycles. The largest absolute Gasteiger partial charge is 0.480 e. The summed E-state index contributed by atoms with van der Waals surface area (Å²) in [5, 5.41) is 11.1. The van der Waals surface area contributed by atoms with Crippen LogP contribution in [0, 0.1) is 5.92 Å². The number of carboxylic acids is 1. The number of imide groups is 1. The lowest BCUT2D eigenvalue weighted by Crippen LogP contribution is -2.55. The van der Waals surface area contributed by atoms with E-state index in [4.69, 9.17) is 14.2 Å². The number of halogens is 3. The third kappa shape index (κ3) is 11.1. The van der Waals surface area contributed by atoms with Crippen LogP contribution in [0.5, 0.6) is 0 Å². The van der Waals surface area contributed by atoms with Crippen LogP contribution in [0.15, 0.2) is 12.2 Å². The molecule has 13 nitrogen and oxygen atoms in total. The Hall–Kier alpha value is -3.85. The second-order valence-electron chi connectivity index (χ2n) is 13.9. The molecule has 1 saturated heterocycles. The molecule has 4 amide bonds. The topological polar surface area (TPSA) is 169 Å². The Balaban J connectivity index is 2.10. The minimum atomic E-state index is -5.22. The number of hydrogen-bond acceptors (Lipinski definition) is 9. The molecular weight excluding hydrogens is 643 g/mol. The Morgan fingerprint density at radius 2 is 1.56 bits per heavy atom. The third-order valence-corrected chi connectivity index (χ3v) is 7.58.